The quantitative estimate of drug-likeness (QED) is 0.505. The van der Waals surface area contributed by atoms with Gasteiger partial charge in [0, 0.05) is 11.1 Å². The number of aliphatic hydroxyl groups excluding tert-OH is 1. The van der Waals surface area contributed by atoms with Crippen LogP contribution in [0.5, 0.6) is 5.75 Å². The van der Waals surface area contributed by atoms with Crippen molar-refractivity contribution in [3.8, 4) is 11.4 Å². The number of fused-ring (bicyclic) bond motifs is 5. The molecule has 0 radical (unpaired) electrons. The minimum Gasteiger partial charge on any atom is -0.483 e. The van der Waals surface area contributed by atoms with E-state index in [2.05, 4.69) is 0 Å². The lowest BCUT2D eigenvalue weighted by Gasteiger charge is -2.42. The molecule has 164 valence electrons. The standard InChI is InChI=1S/C24H23N3O5/c1-14(29)16-5-7-17(8-6-16)26-22(30)25-11-10-19-21(27(25)23(26)31)18-9-4-15(13-28)12-20(18)32-24(19,2)3/h4-10,12,21,28H,11,13H2,1-3H3. The molecule has 1 aromatic heterocycles. The maximum Gasteiger partial charge on any atom is 0.352 e. The van der Waals surface area contributed by atoms with Crippen LogP contribution in [-0.2, 0) is 13.2 Å². The number of rotatable bonds is 3. The van der Waals surface area contributed by atoms with Crippen LogP contribution in [0.1, 0.15) is 48.3 Å². The van der Waals surface area contributed by atoms with Gasteiger partial charge in [-0.05, 0) is 62.2 Å². The van der Waals surface area contributed by atoms with Crippen molar-refractivity contribution in [2.75, 3.05) is 0 Å². The fourth-order valence-electron chi connectivity index (χ4n) is 4.60. The number of carbonyl (C=O) groups is 1. The van der Waals surface area contributed by atoms with Gasteiger partial charge >= 0.3 is 11.4 Å². The van der Waals surface area contributed by atoms with Crippen molar-refractivity contribution in [1.29, 1.82) is 0 Å². The first-order valence-corrected chi connectivity index (χ1v) is 10.4. The lowest BCUT2D eigenvalue weighted by molar-refractivity contribution is 0.101. The minimum absolute atomic E-state index is 0.0890. The van der Waals surface area contributed by atoms with E-state index in [1.807, 2.05) is 26.0 Å². The number of Topliss-reactive ketones (excluding diaryl/α,β-unsaturated/α-hetero) is 1. The van der Waals surface area contributed by atoms with E-state index in [9.17, 15) is 19.5 Å². The van der Waals surface area contributed by atoms with E-state index >= 15 is 0 Å². The van der Waals surface area contributed by atoms with Gasteiger partial charge in [0.05, 0.1) is 18.8 Å². The molecule has 8 heteroatoms. The Bertz CT molecular complexity index is 1400. The van der Waals surface area contributed by atoms with Crippen molar-refractivity contribution in [3.05, 3.63) is 91.8 Å². The van der Waals surface area contributed by atoms with Crippen molar-refractivity contribution in [3.63, 3.8) is 0 Å². The molecule has 1 N–H and O–H groups in total. The average Bonchev–Trinajstić information content (AvgIpc) is 3.03. The summed E-state index contributed by atoms with van der Waals surface area (Å²) >= 11 is 0. The summed E-state index contributed by atoms with van der Waals surface area (Å²) in [6.07, 6.45) is 1.94. The Morgan fingerprint density at radius 3 is 2.50 bits per heavy atom. The summed E-state index contributed by atoms with van der Waals surface area (Å²) in [6.45, 7) is 5.44. The van der Waals surface area contributed by atoms with Gasteiger partial charge in [0.1, 0.15) is 17.4 Å². The zero-order valence-corrected chi connectivity index (χ0v) is 18.0. The van der Waals surface area contributed by atoms with Crippen LogP contribution in [0.4, 0.5) is 0 Å². The number of ether oxygens (including phenoxy) is 1. The molecule has 32 heavy (non-hydrogen) atoms. The van der Waals surface area contributed by atoms with Crippen molar-refractivity contribution in [2.24, 2.45) is 0 Å². The summed E-state index contributed by atoms with van der Waals surface area (Å²) in [6, 6.07) is 11.3. The summed E-state index contributed by atoms with van der Waals surface area (Å²) < 4.78 is 10.3. The SMILES string of the molecule is CC(=O)c1ccc(-n2c(=O)n3n(c2=O)C2C(=CC3)C(C)(C)Oc3cc(CO)ccc32)cc1. The third-order valence-corrected chi connectivity index (χ3v) is 6.23. The van der Waals surface area contributed by atoms with Crippen molar-refractivity contribution in [1.82, 2.24) is 13.9 Å². The number of hydrogen-bond acceptors (Lipinski definition) is 5. The molecule has 0 fully saturated rings. The first kappa shape index (κ1) is 20.3. The molecule has 2 aromatic carbocycles. The van der Waals surface area contributed by atoms with E-state index in [0.29, 0.717) is 22.6 Å². The monoisotopic (exact) mass is 433 g/mol. The number of hydrogen-bond donors (Lipinski definition) is 1. The summed E-state index contributed by atoms with van der Waals surface area (Å²) in [4.78, 5) is 38.4. The number of carbonyl (C=O) groups excluding carboxylic acids is 1. The summed E-state index contributed by atoms with van der Waals surface area (Å²) in [5.74, 6) is 0.490. The molecule has 0 bridgehead atoms. The average molecular weight is 433 g/mol. The van der Waals surface area contributed by atoms with Crippen molar-refractivity contribution >= 4 is 5.78 Å². The first-order valence-electron chi connectivity index (χ1n) is 10.4. The van der Waals surface area contributed by atoms with Crippen LogP contribution in [-0.4, -0.2) is 30.4 Å². The number of aromatic nitrogens is 3. The molecule has 3 heterocycles. The summed E-state index contributed by atoms with van der Waals surface area (Å²) in [5.41, 5.74) is 1.67. The molecule has 8 nitrogen and oxygen atoms in total. The number of nitrogens with zero attached hydrogens (tertiary/aromatic N) is 3. The number of aliphatic hydroxyl groups is 1. The Labute approximate surface area is 183 Å². The third-order valence-electron chi connectivity index (χ3n) is 6.23. The fourth-order valence-corrected chi connectivity index (χ4v) is 4.60. The Kier molecular flexibility index (Phi) is 4.39. The van der Waals surface area contributed by atoms with E-state index in [0.717, 1.165) is 15.7 Å². The van der Waals surface area contributed by atoms with Gasteiger partial charge in [-0.3, -0.25) is 4.79 Å². The van der Waals surface area contributed by atoms with Gasteiger partial charge in [0.2, 0.25) is 0 Å². The van der Waals surface area contributed by atoms with Gasteiger partial charge in [-0.15, -0.1) is 0 Å². The largest absolute Gasteiger partial charge is 0.483 e. The maximum atomic E-state index is 13.6. The number of benzene rings is 2. The third kappa shape index (κ3) is 2.83. The van der Waals surface area contributed by atoms with Crippen LogP contribution in [0.3, 0.4) is 0 Å². The Balaban J connectivity index is 1.73. The highest BCUT2D eigenvalue weighted by molar-refractivity contribution is 5.94. The van der Waals surface area contributed by atoms with Gasteiger partial charge in [-0.1, -0.05) is 18.2 Å². The molecule has 0 aliphatic carbocycles. The van der Waals surface area contributed by atoms with Gasteiger partial charge < -0.3 is 9.84 Å². The highest BCUT2D eigenvalue weighted by Crippen LogP contribution is 2.46. The van der Waals surface area contributed by atoms with Gasteiger partial charge in [0.25, 0.3) is 0 Å². The number of ketones is 1. The van der Waals surface area contributed by atoms with E-state index in [4.69, 9.17) is 4.74 Å². The summed E-state index contributed by atoms with van der Waals surface area (Å²) in [7, 11) is 0. The molecular weight excluding hydrogens is 410 g/mol. The molecule has 1 unspecified atom stereocenters. The van der Waals surface area contributed by atoms with Crippen LogP contribution in [0.25, 0.3) is 5.69 Å². The van der Waals surface area contributed by atoms with Crippen LogP contribution >= 0.6 is 0 Å². The predicted octanol–water partition coefficient (Wildman–Crippen LogP) is 2.20. The smallest absolute Gasteiger partial charge is 0.352 e. The van der Waals surface area contributed by atoms with Gasteiger partial charge in [-0.2, -0.15) is 0 Å². The topological polar surface area (TPSA) is 95.5 Å². The second-order valence-corrected chi connectivity index (χ2v) is 8.63. The highest BCUT2D eigenvalue weighted by Gasteiger charge is 2.43. The maximum absolute atomic E-state index is 13.6. The van der Waals surface area contributed by atoms with Gasteiger partial charge in [0.15, 0.2) is 5.78 Å². The summed E-state index contributed by atoms with van der Waals surface area (Å²) in [5, 5.41) is 9.53. The Morgan fingerprint density at radius 1 is 1.12 bits per heavy atom. The first-order chi connectivity index (χ1) is 15.2. The molecule has 2 aliphatic heterocycles. The van der Waals surface area contributed by atoms with Gasteiger partial charge in [-0.25, -0.2) is 23.5 Å². The van der Waals surface area contributed by atoms with Crippen LogP contribution in [0, 0.1) is 0 Å². The van der Waals surface area contributed by atoms with E-state index in [1.54, 1.807) is 36.4 Å². The van der Waals surface area contributed by atoms with Crippen LogP contribution in [0.15, 0.2) is 63.7 Å². The normalized spacial score (nSPS) is 18.1. The van der Waals surface area contributed by atoms with Crippen molar-refractivity contribution < 1.29 is 14.6 Å². The molecule has 1 atom stereocenters. The second kappa shape index (κ2) is 6.93. The van der Waals surface area contributed by atoms with E-state index in [-0.39, 0.29) is 18.9 Å². The molecule has 0 spiro atoms. The lowest BCUT2D eigenvalue weighted by Crippen LogP contribution is -2.46. The van der Waals surface area contributed by atoms with Crippen molar-refractivity contribution in [2.45, 2.75) is 45.6 Å². The van der Waals surface area contributed by atoms with Crippen LogP contribution < -0.4 is 16.1 Å². The predicted molar refractivity (Wildman–Crippen MR) is 118 cm³/mol. The zero-order chi connectivity index (χ0) is 22.8. The Morgan fingerprint density at radius 2 is 1.84 bits per heavy atom. The molecule has 0 saturated heterocycles. The molecular formula is C24H23N3O5. The number of allylic oxidation sites excluding steroid dienone is 1. The lowest BCUT2D eigenvalue weighted by atomic mass is 9.82. The molecule has 0 amide bonds. The minimum atomic E-state index is -0.697. The van der Waals surface area contributed by atoms with E-state index < -0.39 is 23.0 Å². The highest BCUT2D eigenvalue weighted by atomic mass is 16.5. The molecule has 5 rings (SSSR count). The molecule has 3 aromatic rings. The Hall–Kier alpha value is -3.65. The second-order valence-electron chi connectivity index (χ2n) is 8.63. The van der Waals surface area contributed by atoms with Crippen LogP contribution in [0.2, 0.25) is 0 Å². The molecule has 0 saturated carbocycles. The van der Waals surface area contributed by atoms with E-state index in [1.165, 1.54) is 16.3 Å². The molecule has 2 aliphatic rings. The fraction of sp³-hybridized carbons (Fsp3) is 0.292. The zero-order valence-electron chi connectivity index (χ0n) is 18.0.